The fourth-order valence-corrected chi connectivity index (χ4v) is 7.47. The van der Waals surface area contributed by atoms with E-state index in [2.05, 4.69) is 34.5 Å². The van der Waals surface area contributed by atoms with Gasteiger partial charge in [-0.1, -0.05) is 24.3 Å². The highest BCUT2D eigenvalue weighted by Gasteiger charge is 2.44. The van der Waals surface area contributed by atoms with E-state index in [9.17, 15) is 9.59 Å². The van der Waals surface area contributed by atoms with Crippen LogP contribution in [0.5, 0.6) is 0 Å². The minimum absolute atomic E-state index is 0.0143. The third-order valence-electron chi connectivity index (χ3n) is 9.47. The number of methoxy groups -OCH3 is 1. The van der Waals surface area contributed by atoms with Crippen molar-refractivity contribution in [3.8, 4) is 0 Å². The zero-order valence-corrected chi connectivity index (χ0v) is 21.7. The molecule has 35 heavy (non-hydrogen) atoms. The summed E-state index contributed by atoms with van der Waals surface area (Å²) in [6.07, 6.45) is 11.2. The average molecular weight is 483 g/mol. The number of piperidine rings is 1. The molecule has 3 fully saturated rings. The molecule has 3 saturated heterocycles. The molecule has 3 amide bonds. The summed E-state index contributed by atoms with van der Waals surface area (Å²) >= 11 is 0. The molecule has 0 saturated carbocycles. The third kappa shape index (κ3) is 4.64. The van der Waals surface area contributed by atoms with E-state index in [1.807, 2.05) is 4.90 Å². The van der Waals surface area contributed by atoms with E-state index in [1.165, 1.54) is 43.9 Å². The van der Waals surface area contributed by atoms with Crippen LogP contribution in [0, 0.1) is 0 Å². The molecule has 1 aromatic carbocycles. The fourth-order valence-electron chi connectivity index (χ4n) is 7.47. The van der Waals surface area contributed by atoms with Crippen molar-refractivity contribution in [2.24, 2.45) is 0 Å². The Morgan fingerprint density at radius 2 is 1.51 bits per heavy atom. The van der Waals surface area contributed by atoms with Gasteiger partial charge in [-0.15, -0.1) is 0 Å². The van der Waals surface area contributed by atoms with Gasteiger partial charge in [0.15, 0.2) is 0 Å². The SMILES string of the molecule is COC(=O)N1C2CCC(N3CCC4(CC[C@@H](NC(=O)N(C)C)c5ccccc54)CC3)CCC1CC2. The summed E-state index contributed by atoms with van der Waals surface area (Å²) in [6, 6.07) is 10.2. The van der Waals surface area contributed by atoms with E-state index in [0.29, 0.717) is 18.1 Å². The Morgan fingerprint density at radius 3 is 2.11 bits per heavy atom. The number of carbonyl (C=O) groups excluding carboxylic acids is 2. The summed E-state index contributed by atoms with van der Waals surface area (Å²) in [5, 5.41) is 3.24. The van der Waals surface area contributed by atoms with Crippen LogP contribution >= 0.6 is 0 Å². The normalized spacial score (nSPS) is 30.2. The Balaban J connectivity index is 1.24. The maximum Gasteiger partial charge on any atom is 0.409 e. The van der Waals surface area contributed by atoms with Crippen LogP contribution in [0.3, 0.4) is 0 Å². The molecule has 2 unspecified atom stereocenters. The molecule has 1 spiro atoms. The number of benzene rings is 1. The van der Waals surface area contributed by atoms with Gasteiger partial charge in [0.2, 0.25) is 0 Å². The van der Waals surface area contributed by atoms with E-state index < -0.39 is 0 Å². The Morgan fingerprint density at radius 1 is 0.914 bits per heavy atom. The fraction of sp³-hybridized carbons (Fsp3) is 0.714. The molecule has 3 atom stereocenters. The highest BCUT2D eigenvalue weighted by molar-refractivity contribution is 5.74. The first-order valence-corrected chi connectivity index (χ1v) is 13.6. The zero-order chi connectivity index (χ0) is 24.6. The van der Waals surface area contributed by atoms with Gasteiger partial charge in [-0.25, -0.2) is 9.59 Å². The summed E-state index contributed by atoms with van der Waals surface area (Å²) < 4.78 is 5.09. The van der Waals surface area contributed by atoms with Crippen molar-refractivity contribution in [1.82, 2.24) is 20.0 Å². The minimum Gasteiger partial charge on any atom is -0.453 e. The van der Waals surface area contributed by atoms with Crippen molar-refractivity contribution in [2.45, 2.75) is 93.8 Å². The van der Waals surface area contributed by atoms with Crippen LogP contribution in [-0.2, 0) is 10.2 Å². The van der Waals surface area contributed by atoms with Gasteiger partial charge in [0.25, 0.3) is 0 Å². The minimum atomic E-state index is -0.132. The molecule has 1 aromatic rings. The van der Waals surface area contributed by atoms with Crippen molar-refractivity contribution in [1.29, 1.82) is 0 Å². The molecule has 7 nitrogen and oxygen atoms in total. The van der Waals surface area contributed by atoms with E-state index in [4.69, 9.17) is 4.74 Å². The number of rotatable bonds is 2. The lowest BCUT2D eigenvalue weighted by atomic mass is 9.63. The number of fused-ring (bicyclic) bond motifs is 4. The molecule has 7 heteroatoms. The Kier molecular flexibility index (Phi) is 6.97. The first kappa shape index (κ1) is 24.4. The van der Waals surface area contributed by atoms with Crippen LogP contribution in [0.2, 0.25) is 0 Å². The van der Waals surface area contributed by atoms with Crippen molar-refractivity contribution in [2.75, 3.05) is 34.3 Å². The van der Waals surface area contributed by atoms with Crippen molar-refractivity contribution in [3.63, 3.8) is 0 Å². The smallest absolute Gasteiger partial charge is 0.409 e. The standard InChI is InChI=1S/C28H42N4O3/c1-30(2)26(33)29-25-14-15-28(24-7-5-4-6-23(24)25)16-18-31(19-17-28)20-8-10-21-12-13-22(11-9-20)32(21)27(34)35-3/h4-7,20-22,25H,8-19H2,1-3H3,(H,29,33)/t20?,21?,22?,25-/m1/s1. The molecule has 0 aromatic heterocycles. The summed E-state index contributed by atoms with van der Waals surface area (Å²) in [5.74, 6) is 0. The van der Waals surface area contributed by atoms with Gasteiger partial charge >= 0.3 is 12.1 Å². The second-order valence-electron chi connectivity index (χ2n) is 11.4. The predicted molar refractivity (Wildman–Crippen MR) is 136 cm³/mol. The van der Waals surface area contributed by atoms with Gasteiger partial charge in [-0.2, -0.15) is 0 Å². The van der Waals surface area contributed by atoms with E-state index in [0.717, 1.165) is 51.6 Å². The molecule has 4 aliphatic rings. The number of ether oxygens (including phenoxy) is 1. The lowest BCUT2D eigenvalue weighted by Gasteiger charge is -2.49. The number of hydrogen-bond donors (Lipinski definition) is 1. The average Bonchev–Trinajstić information content (AvgIpc) is 3.31. The van der Waals surface area contributed by atoms with Crippen LogP contribution < -0.4 is 5.32 Å². The van der Waals surface area contributed by atoms with Gasteiger partial charge < -0.3 is 24.8 Å². The molecule has 1 aliphatic carbocycles. The second-order valence-corrected chi connectivity index (χ2v) is 11.4. The Hall–Kier alpha value is -2.28. The third-order valence-corrected chi connectivity index (χ3v) is 9.47. The number of nitrogens with zero attached hydrogens (tertiary/aromatic N) is 3. The topological polar surface area (TPSA) is 65.1 Å². The number of hydrogen-bond acceptors (Lipinski definition) is 4. The number of amides is 3. The van der Waals surface area contributed by atoms with Crippen molar-refractivity contribution >= 4 is 12.1 Å². The van der Waals surface area contributed by atoms with E-state index in [-0.39, 0.29) is 23.6 Å². The largest absolute Gasteiger partial charge is 0.453 e. The lowest BCUT2D eigenvalue weighted by Crippen LogP contribution is -2.51. The highest BCUT2D eigenvalue weighted by atomic mass is 16.5. The maximum absolute atomic E-state index is 12.4. The summed E-state index contributed by atoms with van der Waals surface area (Å²) in [6.45, 7) is 2.29. The number of carbonyl (C=O) groups is 2. The molecular formula is C28H42N4O3. The number of urea groups is 1. The zero-order valence-electron chi connectivity index (χ0n) is 21.7. The van der Waals surface area contributed by atoms with Crippen molar-refractivity contribution in [3.05, 3.63) is 35.4 Å². The van der Waals surface area contributed by atoms with Gasteiger partial charge in [0.1, 0.15) is 0 Å². The van der Waals surface area contributed by atoms with Crippen LogP contribution in [-0.4, -0.2) is 79.2 Å². The maximum atomic E-state index is 12.4. The van der Waals surface area contributed by atoms with Gasteiger partial charge in [-0.3, -0.25) is 0 Å². The molecule has 2 bridgehead atoms. The van der Waals surface area contributed by atoms with Crippen molar-refractivity contribution < 1.29 is 14.3 Å². The number of nitrogens with one attached hydrogen (secondary N) is 1. The predicted octanol–water partition coefficient (Wildman–Crippen LogP) is 4.67. The van der Waals surface area contributed by atoms with Crippen LogP contribution in [0.25, 0.3) is 0 Å². The van der Waals surface area contributed by atoms with Gasteiger partial charge in [-0.05, 0) is 93.8 Å². The monoisotopic (exact) mass is 482 g/mol. The molecule has 1 N–H and O–H groups in total. The summed E-state index contributed by atoms with van der Waals surface area (Å²) in [4.78, 5) is 31.1. The Bertz CT molecular complexity index is 911. The first-order chi connectivity index (χ1) is 16.9. The molecule has 0 radical (unpaired) electrons. The molecule has 3 heterocycles. The van der Waals surface area contributed by atoms with Crippen LogP contribution in [0.4, 0.5) is 9.59 Å². The van der Waals surface area contributed by atoms with E-state index in [1.54, 1.807) is 19.0 Å². The number of likely N-dealkylation sites (tertiary alicyclic amines) is 1. The molecule has 192 valence electrons. The quantitative estimate of drug-likeness (QED) is 0.665. The summed E-state index contributed by atoms with van der Waals surface area (Å²) in [7, 11) is 5.11. The van der Waals surface area contributed by atoms with Gasteiger partial charge in [0, 0.05) is 32.2 Å². The first-order valence-electron chi connectivity index (χ1n) is 13.6. The molecule has 3 aliphatic heterocycles. The second kappa shape index (κ2) is 10.00. The lowest BCUT2D eigenvalue weighted by molar-refractivity contribution is 0.0609. The highest BCUT2D eigenvalue weighted by Crippen LogP contribution is 2.48. The van der Waals surface area contributed by atoms with Gasteiger partial charge in [0.05, 0.1) is 13.2 Å². The van der Waals surface area contributed by atoms with E-state index >= 15 is 0 Å². The Labute approximate surface area is 210 Å². The molecular weight excluding hydrogens is 440 g/mol. The van der Waals surface area contributed by atoms with Crippen LogP contribution in [0.15, 0.2) is 24.3 Å². The molecule has 5 rings (SSSR count). The summed E-state index contributed by atoms with van der Waals surface area (Å²) in [5.41, 5.74) is 3.00. The van der Waals surface area contributed by atoms with Crippen LogP contribution in [0.1, 0.15) is 81.4 Å².